The lowest BCUT2D eigenvalue weighted by Crippen LogP contribution is -2.51. The minimum Gasteiger partial charge on any atom is -0.483 e. The molecule has 1 saturated heterocycles. The molecule has 2 aliphatic heterocycles. The maximum absolute atomic E-state index is 12.5. The number of para-hydroxylation sites is 1. The van der Waals surface area contributed by atoms with E-state index in [9.17, 15) is 4.79 Å². The topological polar surface area (TPSA) is 54.5 Å². The van der Waals surface area contributed by atoms with Gasteiger partial charge in [0.2, 0.25) is 0 Å². The summed E-state index contributed by atoms with van der Waals surface area (Å²) < 4.78 is 5.83. The third kappa shape index (κ3) is 5.36. The number of ether oxygens (including phenoxy) is 1. The Balaban J connectivity index is 1.41. The van der Waals surface area contributed by atoms with Crippen LogP contribution in [-0.4, -0.2) is 41.5 Å². The van der Waals surface area contributed by atoms with Crippen molar-refractivity contribution in [3.05, 3.63) is 59.4 Å². The van der Waals surface area contributed by atoms with Crippen LogP contribution in [0.5, 0.6) is 5.75 Å². The van der Waals surface area contributed by atoms with Gasteiger partial charge in [0, 0.05) is 37.6 Å². The molecule has 2 aliphatic rings. The Morgan fingerprint density at radius 1 is 1.17 bits per heavy atom. The van der Waals surface area contributed by atoms with Crippen molar-refractivity contribution in [2.45, 2.75) is 51.6 Å². The summed E-state index contributed by atoms with van der Waals surface area (Å²) in [6.45, 7) is 5.07. The maximum atomic E-state index is 12.5. The van der Waals surface area contributed by atoms with Crippen LogP contribution in [-0.2, 0) is 17.8 Å². The third-order valence-corrected chi connectivity index (χ3v) is 6.15. The van der Waals surface area contributed by atoms with Crippen molar-refractivity contribution in [2.24, 2.45) is 5.92 Å². The second-order valence-corrected chi connectivity index (χ2v) is 8.41. The highest BCUT2D eigenvalue weighted by Gasteiger charge is 2.30. The quantitative estimate of drug-likeness (QED) is 0.848. The van der Waals surface area contributed by atoms with E-state index < -0.39 is 0 Å². The second-order valence-electron chi connectivity index (χ2n) is 8.41. The van der Waals surface area contributed by atoms with Gasteiger partial charge in [0.15, 0.2) is 6.61 Å². The number of piperidine rings is 1. The summed E-state index contributed by atoms with van der Waals surface area (Å²) in [7, 11) is 0. The number of amides is 1. The average molecular weight is 394 g/mol. The molecule has 29 heavy (non-hydrogen) atoms. The Kier molecular flexibility index (Phi) is 6.45. The number of aryl methyl sites for hydroxylation is 2. The number of carbonyl (C=O) groups is 1. The first-order chi connectivity index (χ1) is 14.2. The molecular formula is C24H31N3O2. The van der Waals surface area contributed by atoms with Gasteiger partial charge in [-0.2, -0.15) is 0 Å². The number of likely N-dealkylation sites (tertiary alicyclic amines) is 1. The molecule has 154 valence electrons. The molecule has 0 radical (unpaired) electrons. The lowest BCUT2D eigenvalue weighted by atomic mass is 9.87. The molecule has 2 atom stereocenters. The van der Waals surface area contributed by atoms with E-state index in [0.717, 1.165) is 56.8 Å². The van der Waals surface area contributed by atoms with E-state index in [1.165, 1.54) is 17.5 Å². The van der Waals surface area contributed by atoms with Crippen LogP contribution in [0, 0.1) is 12.8 Å². The molecule has 5 nitrogen and oxygen atoms in total. The first-order valence-corrected chi connectivity index (χ1v) is 10.8. The first-order valence-electron chi connectivity index (χ1n) is 10.8. The Morgan fingerprint density at radius 3 is 2.93 bits per heavy atom. The monoisotopic (exact) mass is 393 g/mol. The lowest BCUT2D eigenvalue weighted by molar-refractivity contribution is -0.124. The Morgan fingerprint density at radius 2 is 2.07 bits per heavy atom. The van der Waals surface area contributed by atoms with Crippen molar-refractivity contribution in [3.8, 4) is 5.75 Å². The van der Waals surface area contributed by atoms with Gasteiger partial charge in [-0.3, -0.25) is 14.7 Å². The van der Waals surface area contributed by atoms with Gasteiger partial charge in [-0.25, -0.2) is 0 Å². The molecule has 0 spiro atoms. The fourth-order valence-electron chi connectivity index (χ4n) is 4.55. The molecular weight excluding hydrogens is 362 g/mol. The molecule has 3 heterocycles. The Labute approximate surface area is 173 Å². The van der Waals surface area contributed by atoms with Crippen LogP contribution in [0.1, 0.15) is 42.5 Å². The molecule has 0 bridgehead atoms. The molecule has 5 heteroatoms. The third-order valence-electron chi connectivity index (χ3n) is 6.15. The summed E-state index contributed by atoms with van der Waals surface area (Å²) in [6, 6.07) is 12.6. The summed E-state index contributed by atoms with van der Waals surface area (Å²) in [6.07, 6.45) is 7.46. The van der Waals surface area contributed by atoms with Crippen LogP contribution < -0.4 is 10.1 Å². The summed E-state index contributed by atoms with van der Waals surface area (Å²) >= 11 is 0. The van der Waals surface area contributed by atoms with Crippen molar-refractivity contribution in [2.75, 3.05) is 19.7 Å². The zero-order valence-electron chi connectivity index (χ0n) is 17.3. The highest BCUT2D eigenvalue weighted by molar-refractivity contribution is 5.78. The fraction of sp³-hybridized carbons (Fsp3) is 0.500. The van der Waals surface area contributed by atoms with E-state index in [1.54, 1.807) is 0 Å². The van der Waals surface area contributed by atoms with Crippen molar-refractivity contribution in [3.63, 3.8) is 0 Å². The maximum Gasteiger partial charge on any atom is 0.258 e. The molecule has 0 aliphatic carbocycles. The molecule has 1 fully saturated rings. The summed E-state index contributed by atoms with van der Waals surface area (Å²) in [5.41, 5.74) is 3.52. The Bertz CT molecular complexity index is 821. The number of pyridine rings is 1. The molecule has 4 rings (SSSR count). The fourth-order valence-corrected chi connectivity index (χ4v) is 4.55. The summed E-state index contributed by atoms with van der Waals surface area (Å²) in [5, 5.41) is 3.26. The number of hydrogen-bond donors (Lipinski definition) is 1. The van der Waals surface area contributed by atoms with Crippen LogP contribution in [0.15, 0.2) is 42.6 Å². The van der Waals surface area contributed by atoms with Crippen LogP contribution in [0.3, 0.4) is 0 Å². The zero-order valence-corrected chi connectivity index (χ0v) is 17.3. The van der Waals surface area contributed by atoms with Gasteiger partial charge < -0.3 is 10.1 Å². The van der Waals surface area contributed by atoms with E-state index >= 15 is 0 Å². The van der Waals surface area contributed by atoms with Gasteiger partial charge in [-0.05, 0) is 61.8 Å². The van der Waals surface area contributed by atoms with Crippen LogP contribution in [0.25, 0.3) is 0 Å². The van der Waals surface area contributed by atoms with E-state index in [2.05, 4.69) is 33.4 Å². The molecule has 1 amide bonds. The standard InChI is InChI=1S/C24H31N3O2/c1-18-10-11-19(14-25-18)15-27-13-12-22-21(16-27)8-3-2-6-20-7-4-5-9-23(20)29-17-24(28)26-22/h4-5,7,9-11,14,21-22H,2-3,6,8,12-13,15-17H2,1H3,(H,26,28)/t21-,22+/m0/s1. The highest BCUT2D eigenvalue weighted by atomic mass is 16.5. The number of benzene rings is 1. The van der Waals surface area contributed by atoms with Gasteiger partial charge >= 0.3 is 0 Å². The molecule has 1 aromatic heterocycles. The number of hydrogen-bond acceptors (Lipinski definition) is 4. The highest BCUT2D eigenvalue weighted by Crippen LogP contribution is 2.26. The molecule has 1 aromatic carbocycles. The van der Waals surface area contributed by atoms with Crippen molar-refractivity contribution < 1.29 is 9.53 Å². The van der Waals surface area contributed by atoms with Crippen LogP contribution in [0.2, 0.25) is 0 Å². The number of carbonyl (C=O) groups excluding carboxylic acids is 1. The minimum atomic E-state index is -0.00781. The normalized spacial score (nSPS) is 23.6. The van der Waals surface area contributed by atoms with E-state index in [0.29, 0.717) is 5.92 Å². The van der Waals surface area contributed by atoms with E-state index in [1.807, 2.05) is 31.3 Å². The SMILES string of the molecule is Cc1ccc(CN2CC[C@H]3NC(=O)COc4ccccc4CCCC[C@H]3C2)cn1. The largest absolute Gasteiger partial charge is 0.483 e. The van der Waals surface area contributed by atoms with Gasteiger partial charge in [-0.1, -0.05) is 30.7 Å². The number of nitrogens with one attached hydrogen (secondary N) is 1. The lowest BCUT2D eigenvalue weighted by Gasteiger charge is -2.39. The summed E-state index contributed by atoms with van der Waals surface area (Å²) in [5.74, 6) is 1.33. The van der Waals surface area contributed by atoms with E-state index in [4.69, 9.17) is 4.74 Å². The second kappa shape index (κ2) is 9.40. The predicted octanol–water partition coefficient (Wildman–Crippen LogP) is 3.50. The van der Waals surface area contributed by atoms with Gasteiger partial charge in [-0.15, -0.1) is 0 Å². The van der Waals surface area contributed by atoms with E-state index in [-0.39, 0.29) is 18.6 Å². The molecule has 0 saturated carbocycles. The number of fused-ring (bicyclic) bond motifs is 2. The molecule has 0 unspecified atom stereocenters. The van der Waals surface area contributed by atoms with Crippen LogP contribution >= 0.6 is 0 Å². The predicted molar refractivity (Wildman–Crippen MR) is 114 cm³/mol. The Hall–Kier alpha value is -2.40. The number of aromatic nitrogens is 1. The van der Waals surface area contributed by atoms with Crippen molar-refractivity contribution in [1.29, 1.82) is 0 Å². The van der Waals surface area contributed by atoms with Crippen molar-refractivity contribution in [1.82, 2.24) is 15.2 Å². The average Bonchev–Trinajstić information content (AvgIpc) is 2.73. The van der Waals surface area contributed by atoms with Gasteiger partial charge in [0.25, 0.3) is 5.91 Å². The van der Waals surface area contributed by atoms with Gasteiger partial charge in [0.1, 0.15) is 5.75 Å². The van der Waals surface area contributed by atoms with Crippen molar-refractivity contribution >= 4 is 5.91 Å². The number of nitrogens with zero attached hydrogens (tertiary/aromatic N) is 2. The zero-order chi connectivity index (χ0) is 20.1. The van der Waals surface area contributed by atoms with Gasteiger partial charge in [0.05, 0.1) is 0 Å². The number of rotatable bonds is 2. The summed E-state index contributed by atoms with van der Waals surface area (Å²) in [4.78, 5) is 19.4. The smallest absolute Gasteiger partial charge is 0.258 e. The first kappa shape index (κ1) is 19.9. The minimum absolute atomic E-state index is 0.00781. The molecule has 1 N–H and O–H groups in total. The van der Waals surface area contributed by atoms with Crippen LogP contribution in [0.4, 0.5) is 0 Å². The molecule has 2 aromatic rings.